The summed E-state index contributed by atoms with van der Waals surface area (Å²) < 4.78 is 11.7. The Morgan fingerprint density at radius 3 is 2.79 bits per heavy atom. The summed E-state index contributed by atoms with van der Waals surface area (Å²) in [6.07, 6.45) is 2.34. The molecule has 0 saturated carbocycles. The first-order chi connectivity index (χ1) is 13.4. The molecule has 1 amide bonds. The number of amides is 1. The van der Waals surface area contributed by atoms with Gasteiger partial charge in [0.25, 0.3) is 0 Å². The summed E-state index contributed by atoms with van der Waals surface area (Å²) in [5.74, 6) is 1.49. The van der Waals surface area contributed by atoms with Gasteiger partial charge in [0, 0.05) is 39.4 Å². The molecule has 28 heavy (non-hydrogen) atoms. The largest absolute Gasteiger partial charge is 0.491 e. The minimum Gasteiger partial charge on any atom is -0.491 e. The molecule has 0 aliphatic carbocycles. The highest BCUT2D eigenvalue weighted by atomic mass is 16.5. The molecule has 0 radical (unpaired) electrons. The van der Waals surface area contributed by atoms with Crippen molar-refractivity contribution in [3.8, 4) is 5.75 Å². The second kappa shape index (κ2) is 10.3. The van der Waals surface area contributed by atoms with Crippen molar-refractivity contribution < 1.29 is 14.3 Å². The van der Waals surface area contributed by atoms with E-state index in [4.69, 9.17) is 9.47 Å². The molecule has 7 nitrogen and oxygen atoms in total. The van der Waals surface area contributed by atoms with E-state index in [0.29, 0.717) is 25.7 Å². The molecule has 1 saturated heterocycles. The van der Waals surface area contributed by atoms with Gasteiger partial charge in [0.15, 0.2) is 5.96 Å². The predicted octanol–water partition coefficient (Wildman–Crippen LogP) is 1.99. The van der Waals surface area contributed by atoms with Gasteiger partial charge in [0.1, 0.15) is 12.4 Å². The van der Waals surface area contributed by atoms with Crippen LogP contribution in [-0.2, 0) is 16.1 Å². The molecule has 1 fully saturated rings. The summed E-state index contributed by atoms with van der Waals surface area (Å²) in [7, 11) is 3.36. The topological polar surface area (TPSA) is 84.0 Å². The first kappa shape index (κ1) is 22.0. The van der Waals surface area contributed by atoms with E-state index in [-0.39, 0.29) is 12.0 Å². The van der Waals surface area contributed by atoms with Crippen LogP contribution in [0.3, 0.4) is 0 Å². The Morgan fingerprint density at radius 1 is 1.36 bits per heavy atom. The van der Waals surface area contributed by atoms with Crippen molar-refractivity contribution in [1.82, 2.24) is 16.0 Å². The highest BCUT2D eigenvalue weighted by Gasteiger charge is 2.26. The molecule has 0 aromatic heterocycles. The van der Waals surface area contributed by atoms with E-state index in [1.165, 1.54) is 0 Å². The van der Waals surface area contributed by atoms with Crippen LogP contribution in [0, 0.1) is 12.3 Å². The number of guanidine groups is 1. The first-order valence-electron chi connectivity index (χ1n) is 9.86. The Bertz CT molecular complexity index is 682. The molecular formula is C21H34N4O3. The average molecular weight is 391 g/mol. The summed E-state index contributed by atoms with van der Waals surface area (Å²) in [5.41, 5.74) is 1.67. The van der Waals surface area contributed by atoms with E-state index in [0.717, 1.165) is 36.3 Å². The zero-order chi connectivity index (χ0) is 20.6. The Hall–Kier alpha value is -2.28. The van der Waals surface area contributed by atoms with Gasteiger partial charge in [-0.2, -0.15) is 0 Å². The zero-order valence-electron chi connectivity index (χ0n) is 17.7. The zero-order valence-corrected chi connectivity index (χ0v) is 17.7. The van der Waals surface area contributed by atoms with Crippen molar-refractivity contribution in [2.45, 2.75) is 46.3 Å². The van der Waals surface area contributed by atoms with Crippen molar-refractivity contribution in [3.63, 3.8) is 0 Å². The van der Waals surface area contributed by atoms with E-state index in [1.807, 2.05) is 13.8 Å². The van der Waals surface area contributed by atoms with Gasteiger partial charge >= 0.3 is 0 Å². The van der Waals surface area contributed by atoms with Crippen LogP contribution in [0.25, 0.3) is 0 Å². The fourth-order valence-corrected chi connectivity index (χ4v) is 3.02. The third-order valence-corrected chi connectivity index (χ3v) is 4.88. The van der Waals surface area contributed by atoms with Crippen LogP contribution in [0.15, 0.2) is 23.2 Å². The molecule has 0 bridgehead atoms. The lowest BCUT2D eigenvalue weighted by molar-refractivity contribution is -0.128. The van der Waals surface area contributed by atoms with Crippen molar-refractivity contribution in [2.75, 3.05) is 33.9 Å². The molecule has 1 aromatic carbocycles. The quantitative estimate of drug-likeness (QED) is 0.467. The molecule has 156 valence electrons. The van der Waals surface area contributed by atoms with Crippen molar-refractivity contribution in [2.24, 2.45) is 10.4 Å². The summed E-state index contributed by atoms with van der Waals surface area (Å²) in [6.45, 7) is 8.28. The van der Waals surface area contributed by atoms with E-state index < -0.39 is 5.41 Å². The lowest BCUT2D eigenvalue weighted by Crippen LogP contribution is -2.47. The number of rotatable bonds is 8. The monoisotopic (exact) mass is 390 g/mol. The number of nitrogens with zero attached hydrogens (tertiary/aromatic N) is 1. The second-order valence-electron chi connectivity index (χ2n) is 7.80. The fraction of sp³-hybridized carbons (Fsp3) is 0.619. The highest BCUT2D eigenvalue weighted by Crippen LogP contribution is 2.22. The molecule has 1 heterocycles. The van der Waals surface area contributed by atoms with E-state index in [2.05, 4.69) is 46.1 Å². The van der Waals surface area contributed by atoms with Crippen molar-refractivity contribution in [3.05, 3.63) is 29.3 Å². The minimum absolute atomic E-state index is 0.0150. The number of benzene rings is 1. The minimum atomic E-state index is -0.536. The van der Waals surface area contributed by atoms with Crippen LogP contribution in [0.4, 0.5) is 0 Å². The normalized spacial score (nSPS) is 17.3. The Kier molecular flexibility index (Phi) is 8.11. The molecule has 1 aliphatic heterocycles. The predicted molar refractivity (Wildman–Crippen MR) is 112 cm³/mol. The summed E-state index contributed by atoms with van der Waals surface area (Å²) >= 11 is 0. The van der Waals surface area contributed by atoms with Gasteiger partial charge in [-0.25, -0.2) is 0 Å². The van der Waals surface area contributed by atoms with Crippen LogP contribution >= 0.6 is 0 Å². The summed E-state index contributed by atoms with van der Waals surface area (Å²) in [4.78, 5) is 16.2. The molecule has 3 N–H and O–H groups in total. The van der Waals surface area contributed by atoms with Crippen LogP contribution in [0.5, 0.6) is 5.75 Å². The van der Waals surface area contributed by atoms with Crippen LogP contribution in [0.2, 0.25) is 0 Å². The third kappa shape index (κ3) is 6.41. The molecule has 1 atom stereocenters. The average Bonchev–Trinajstić information content (AvgIpc) is 3.20. The Labute approximate surface area is 168 Å². The van der Waals surface area contributed by atoms with Gasteiger partial charge in [0.2, 0.25) is 5.91 Å². The van der Waals surface area contributed by atoms with Crippen molar-refractivity contribution >= 4 is 11.9 Å². The molecule has 1 unspecified atom stereocenters. The fourth-order valence-electron chi connectivity index (χ4n) is 3.02. The molecule has 0 spiro atoms. The molecule has 7 heteroatoms. The van der Waals surface area contributed by atoms with Gasteiger partial charge in [-0.3, -0.25) is 9.79 Å². The Balaban J connectivity index is 1.93. The Morgan fingerprint density at radius 2 is 2.14 bits per heavy atom. The molecule has 2 rings (SSSR count). The number of carbonyl (C=O) groups is 1. The molecular weight excluding hydrogens is 356 g/mol. The van der Waals surface area contributed by atoms with E-state index >= 15 is 0 Å². The van der Waals surface area contributed by atoms with E-state index in [1.54, 1.807) is 14.1 Å². The third-order valence-electron chi connectivity index (χ3n) is 4.88. The number of aryl methyl sites for hydroxylation is 1. The first-order valence-corrected chi connectivity index (χ1v) is 9.86. The maximum Gasteiger partial charge on any atom is 0.227 e. The highest BCUT2D eigenvalue weighted by molar-refractivity contribution is 5.84. The maximum atomic E-state index is 11.9. The second-order valence-corrected chi connectivity index (χ2v) is 7.80. The summed E-state index contributed by atoms with van der Waals surface area (Å²) in [6, 6.07) is 6.19. The van der Waals surface area contributed by atoms with Gasteiger partial charge in [-0.05, 0) is 45.2 Å². The smallest absolute Gasteiger partial charge is 0.227 e. The van der Waals surface area contributed by atoms with Gasteiger partial charge < -0.3 is 25.4 Å². The summed E-state index contributed by atoms with van der Waals surface area (Å²) in [5, 5.41) is 9.21. The van der Waals surface area contributed by atoms with Gasteiger partial charge in [-0.1, -0.05) is 12.1 Å². The number of hydrogen-bond donors (Lipinski definition) is 3. The molecule has 1 aliphatic rings. The number of ether oxygens (including phenoxy) is 2. The standard InChI is InChI=1S/C21H34N4O3/c1-15-8-9-16(18(11-15)28-13-17-7-6-10-27-17)12-24-20(23-5)25-14-21(2,3)19(26)22-4/h8-9,11,17H,6-7,10,12-14H2,1-5H3,(H,22,26)(H2,23,24,25). The number of aliphatic imine (C=N–C) groups is 1. The maximum absolute atomic E-state index is 11.9. The lowest BCUT2D eigenvalue weighted by Gasteiger charge is -2.24. The lowest BCUT2D eigenvalue weighted by atomic mass is 9.92. The number of carbonyl (C=O) groups excluding carboxylic acids is 1. The molecule has 1 aromatic rings. The van der Waals surface area contributed by atoms with Crippen LogP contribution < -0.4 is 20.7 Å². The van der Waals surface area contributed by atoms with Gasteiger partial charge in [0.05, 0.1) is 11.5 Å². The van der Waals surface area contributed by atoms with E-state index in [9.17, 15) is 4.79 Å². The van der Waals surface area contributed by atoms with Crippen molar-refractivity contribution in [1.29, 1.82) is 0 Å². The van der Waals surface area contributed by atoms with Crippen LogP contribution in [0.1, 0.15) is 37.8 Å². The SMILES string of the molecule is CN=C(NCc1ccc(C)cc1OCC1CCCO1)NCC(C)(C)C(=O)NC. The van der Waals surface area contributed by atoms with Gasteiger partial charge in [-0.15, -0.1) is 0 Å². The van der Waals surface area contributed by atoms with Crippen LogP contribution in [-0.4, -0.2) is 51.8 Å². The number of hydrogen-bond acceptors (Lipinski definition) is 4. The number of nitrogens with one attached hydrogen (secondary N) is 3.